The van der Waals surface area contributed by atoms with Crippen LogP contribution in [0.25, 0.3) is 16.9 Å². The Morgan fingerprint density at radius 1 is 1.07 bits per heavy atom. The average molecular weight is 417 g/mol. The second kappa shape index (κ2) is 6.66. The fourth-order valence-corrected chi connectivity index (χ4v) is 3.50. The molecule has 28 heavy (non-hydrogen) atoms. The van der Waals surface area contributed by atoms with Gasteiger partial charge in [-0.3, -0.25) is 4.98 Å². The van der Waals surface area contributed by atoms with Gasteiger partial charge in [-0.15, -0.1) is 0 Å². The van der Waals surface area contributed by atoms with E-state index in [9.17, 15) is 30.4 Å². The van der Waals surface area contributed by atoms with Crippen molar-refractivity contribution in [3.05, 3.63) is 59.6 Å². The van der Waals surface area contributed by atoms with E-state index in [0.29, 0.717) is 30.1 Å². The summed E-state index contributed by atoms with van der Waals surface area (Å²) in [6, 6.07) is 4.84. The molecule has 2 aromatic heterocycles. The third kappa shape index (κ3) is 3.61. The molecule has 0 radical (unpaired) electrons. The molecule has 3 rings (SSSR count). The van der Waals surface area contributed by atoms with Gasteiger partial charge in [0.1, 0.15) is 16.5 Å². The van der Waals surface area contributed by atoms with Crippen molar-refractivity contribution in [1.29, 1.82) is 0 Å². The van der Waals surface area contributed by atoms with E-state index >= 15 is 0 Å². The number of rotatable bonds is 3. The van der Waals surface area contributed by atoms with Crippen molar-refractivity contribution in [1.82, 2.24) is 14.8 Å². The molecule has 3 aromatic rings. The van der Waals surface area contributed by atoms with E-state index < -0.39 is 38.2 Å². The summed E-state index contributed by atoms with van der Waals surface area (Å²) in [5, 5.41) is 3.51. The fourth-order valence-electron chi connectivity index (χ4n) is 2.67. The lowest BCUT2D eigenvalue weighted by molar-refractivity contribution is -0.141. The van der Waals surface area contributed by atoms with Crippen molar-refractivity contribution >= 4 is 9.84 Å². The highest BCUT2D eigenvalue weighted by atomic mass is 32.2. The van der Waals surface area contributed by atoms with Crippen LogP contribution in [0.2, 0.25) is 0 Å². The van der Waals surface area contributed by atoms with Crippen LogP contribution in [0.4, 0.5) is 22.0 Å². The zero-order chi connectivity index (χ0) is 20.9. The van der Waals surface area contributed by atoms with Crippen LogP contribution in [0.3, 0.4) is 0 Å². The summed E-state index contributed by atoms with van der Waals surface area (Å²) >= 11 is 0. The molecule has 0 aliphatic heterocycles. The molecule has 0 N–H and O–H groups in total. The number of halogens is 5. The number of pyridine rings is 1. The highest BCUT2D eigenvalue weighted by Crippen LogP contribution is 2.35. The Morgan fingerprint density at radius 2 is 1.68 bits per heavy atom. The van der Waals surface area contributed by atoms with Gasteiger partial charge in [-0.2, -0.15) is 18.3 Å². The molecule has 2 heterocycles. The first kappa shape index (κ1) is 19.9. The van der Waals surface area contributed by atoms with Crippen LogP contribution in [0.1, 0.15) is 11.4 Å². The minimum absolute atomic E-state index is 0.168. The molecule has 0 bridgehead atoms. The van der Waals surface area contributed by atoms with Crippen LogP contribution >= 0.6 is 0 Å². The smallest absolute Gasteiger partial charge is 0.259 e. The average Bonchev–Trinajstić information content (AvgIpc) is 2.98. The normalized spacial score (nSPS) is 12.4. The number of benzene rings is 1. The number of aromatic nitrogens is 3. The summed E-state index contributed by atoms with van der Waals surface area (Å²) in [5.74, 6) is -2.83. The van der Waals surface area contributed by atoms with E-state index in [1.807, 2.05) is 0 Å². The van der Waals surface area contributed by atoms with Crippen LogP contribution in [0.15, 0.2) is 41.4 Å². The van der Waals surface area contributed by atoms with Crippen LogP contribution in [0, 0.1) is 18.6 Å². The molecule has 0 fully saturated rings. The molecule has 148 valence electrons. The van der Waals surface area contributed by atoms with Gasteiger partial charge in [0.25, 0.3) is 0 Å². The highest BCUT2D eigenvalue weighted by Gasteiger charge is 2.36. The van der Waals surface area contributed by atoms with Crippen LogP contribution in [-0.4, -0.2) is 29.4 Å². The maximum atomic E-state index is 14.3. The zero-order valence-corrected chi connectivity index (χ0v) is 15.2. The zero-order valence-electron chi connectivity index (χ0n) is 14.4. The number of sulfone groups is 1. The summed E-state index contributed by atoms with van der Waals surface area (Å²) in [6.45, 7) is 1.53. The molecule has 5 nitrogen and oxygen atoms in total. The summed E-state index contributed by atoms with van der Waals surface area (Å²) in [7, 11) is -4.21. The van der Waals surface area contributed by atoms with E-state index in [4.69, 9.17) is 0 Å². The lowest BCUT2D eigenvalue weighted by Gasteiger charge is -2.11. The predicted octanol–water partition coefficient (Wildman–Crippen LogP) is 3.94. The molecular formula is C17H12F5N3O2S. The van der Waals surface area contributed by atoms with Gasteiger partial charge in [-0.05, 0) is 37.3 Å². The monoisotopic (exact) mass is 417 g/mol. The lowest BCUT2D eigenvalue weighted by Crippen LogP contribution is -2.08. The second-order valence-electron chi connectivity index (χ2n) is 5.97. The molecule has 0 spiro atoms. The summed E-state index contributed by atoms with van der Waals surface area (Å²) in [4.78, 5) is 2.82. The van der Waals surface area contributed by atoms with E-state index in [1.165, 1.54) is 25.3 Å². The van der Waals surface area contributed by atoms with Crippen LogP contribution in [-0.2, 0) is 16.0 Å². The fraction of sp³-hybridized carbons (Fsp3) is 0.176. The molecule has 0 saturated carbocycles. The molecule has 0 aliphatic carbocycles. The molecular weight excluding hydrogens is 405 g/mol. The van der Waals surface area contributed by atoms with Gasteiger partial charge in [0.2, 0.25) is 0 Å². The Kier molecular flexibility index (Phi) is 4.74. The summed E-state index contributed by atoms with van der Waals surface area (Å²) < 4.78 is 92.0. The first-order valence-corrected chi connectivity index (χ1v) is 9.57. The van der Waals surface area contributed by atoms with Gasteiger partial charge < -0.3 is 0 Å². The number of hydrogen-bond acceptors (Lipinski definition) is 4. The Hall–Kier alpha value is -2.82. The molecule has 0 saturated heterocycles. The van der Waals surface area contributed by atoms with E-state index in [2.05, 4.69) is 10.1 Å². The number of aryl methyl sites for hydroxylation is 1. The van der Waals surface area contributed by atoms with Crippen LogP contribution in [0.5, 0.6) is 0 Å². The number of nitrogens with zero attached hydrogens (tertiary/aromatic N) is 3. The lowest BCUT2D eigenvalue weighted by atomic mass is 10.1. The van der Waals surface area contributed by atoms with Gasteiger partial charge in [0, 0.05) is 18.0 Å². The summed E-state index contributed by atoms with van der Waals surface area (Å²) in [5.41, 5.74) is -1.37. The summed E-state index contributed by atoms with van der Waals surface area (Å²) in [6.07, 6.45) is -2.76. The topological polar surface area (TPSA) is 64.8 Å². The van der Waals surface area contributed by atoms with Gasteiger partial charge in [-0.25, -0.2) is 21.9 Å². The molecule has 0 amide bonds. The van der Waals surface area contributed by atoms with Crippen molar-refractivity contribution in [2.45, 2.75) is 18.0 Å². The first-order valence-electron chi connectivity index (χ1n) is 7.68. The number of hydrogen-bond donors (Lipinski definition) is 0. The Balaban J connectivity index is 2.31. The Morgan fingerprint density at radius 3 is 2.18 bits per heavy atom. The van der Waals surface area contributed by atoms with Crippen molar-refractivity contribution in [2.24, 2.45) is 0 Å². The second-order valence-corrected chi connectivity index (χ2v) is 7.93. The van der Waals surface area contributed by atoms with Gasteiger partial charge in [-0.1, -0.05) is 0 Å². The minimum atomic E-state index is -4.81. The molecule has 0 unspecified atom stereocenters. The van der Waals surface area contributed by atoms with Crippen molar-refractivity contribution in [3.63, 3.8) is 0 Å². The number of alkyl halides is 3. The van der Waals surface area contributed by atoms with Crippen molar-refractivity contribution < 1.29 is 30.4 Å². The predicted molar refractivity (Wildman–Crippen MR) is 89.6 cm³/mol. The van der Waals surface area contributed by atoms with Crippen molar-refractivity contribution in [3.8, 4) is 16.9 Å². The minimum Gasteiger partial charge on any atom is -0.259 e. The van der Waals surface area contributed by atoms with Crippen LogP contribution < -0.4 is 0 Å². The van der Waals surface area contributed by atoms with E-state index in [0.717, 1.165) is 4.68 Å². The highest BCUT2D eigenvalue weighted by molar-refractivity contribution is 7.90. The maximum Gasteiger partial charge on any atom is 0.435 e. The van der Waals surface area contributed by atoms with Gasteiger partial charge in [0.05, 0.1) is 17.1 Å². The van der Waals surface area contributed by atoms with Crippen molar-refractivity contribution in [2.75, 3.05) is 6.26 Å². The van der Waals surface area contributed by atoms with E-state index in [-0.39, 0.29) is 16.9 Å². The van der Waals surface area contributed by atoms with Gasteiger partial charge >= 0.3 is 6.18 Å². The third-order valence-corrected chi connectivity index (χ3v) is 5.00. The first-order chi connectivity index (χ1) is 12.9. The quantitative estimate of drug-likeness (QED) is 0.606. The molecule has 1 aromatic carbocycles. The van der Waals surface area contributed by atoms with E-state index in [1.54, 1.807) is 0 Å². The van der Waals surface area contributed by atoms with Gasteiger partial charge in [0.15, 0.2) is 15.5 Å². The standard InChI is InChI=1S/C17H12F5N3O2S/c1-9-13(4-3-5-23-9)25-14(8-15(24-25)17(20,21)22)10-6-11(18)16(12(19)7-10)28(2,26)27/h3-8H,1-2H3. The molecule has 0 atom stereocenters. The Labute approximate surface area is 156 Å². The largest absolute Gasteiger partial charge is 0.435 e. The molecule has 0 aliphatic rings. The third-order valence-electron chi connectivity index (χ3n) is 3.87. The molecule has 11 heteroatoms. The SMILES string of the molecule is Cc1ncccc1-n1nc(C(F)(F)F)cc1-c1cc(F)c(S(C)(=O)=O)c(F)c1. The maximum absolute atomic E-state index is 14.3. The Bertz CT molecular complexity index is 1150.